The van der Waals surface area contributed by atoms with E-state index >= 15 is 0 Å². The summed E-state index contributed by atoms with van der Waals surface area (Å²) < 4.78 is 31.2. The molecule has 0 N–H and O–H groups in total. The molecule has 0 unspecified atom stereocenters. The molecule has 1 aliphatic heterocycles. The van der Waals surface area contributed by atoms with Crippen molar-refractivity contribution in [3.63, 3.8) is 0 Å². The van der Waals surface area contributed by atoms with Crippen molar-refractivity contribution in [3.05, 3.63) is 30.1 Å². The van der Waals surface area contributed by atoms with Gasteiger partial charge in [0.2, 0.25) is 0 Å². The molecule has 6 nitrogen and oxygen atoms in total. The highest BCUT2D eigenvalue weighted by Gasteiger charge is 2.13. The number of thioether (sulfide) groups is 2. The molecular formula is C12H11F2N5OS2. The number of aliphatic imine (C=N–C) groups is 1. The number of hydrogen-bond acceptors (Lipinski definition) is 7. The van der Waals surface area contributed by atoms with Crippen LogP contribution in [0.5, 0.6) is 5.75 Å². The van der Waals surface area contributed by atoms with Crippen LogP contribution in [0.1, 0.15) is 5.82 Å². The maximum atomic E-state index is 12.1. The van der Waals surface area contributed by atoms with Gasteiger partial charge in [0, 0.05) is 5.75 Å². The summed E-state index contributed by atoms with van der Waals surface area (Å²) >= 11 is 3.31. The molecule has 0 bridgehead atoms. The van der Waals surface area contributed by atoms with Gasteiger partial charge in [-0.3, -0.25) is 4.99 Å². The van der Waals surface area contributed by atoms with Crippen LogP contribution in [0, 0.1) is 0 Å². The SMILES string of the molecule is FC(F)Oc1ccc(-n2nnnc2CSC2=NCCS2)cc1. The van der Waals surface area contributed by atoms with Gasteiger partial charge >= 0.3 is 6.61 Å². The number of alkyl halides is 2. The number of benzene rings is 1. The predicted molar refractivity (Wildman–Crippen MR) is 81.8 cm³/mol. The fourth-order valence-electron chi connectivity index (χ4n) is 1.79. The molecule has 2 aromatic rings. The third-order valence-electron chi connectivity index (χ3n) is 2.72. The van der Waals surface area contributed by atoms with Gasteiger partial charge in [0.15, 0.2) is 5.82 Å². The van der Waals surface area contributed by atoms with Gasteiger partial charge in [-0.15, -0.1) is 5.10 Å². The predicted octanol–water partition coefficient (Wildman–Crippen LogP) is 2.60. The van der Waals surface area contributed by atoms with E-state index in [-0.39, 0.29) is 5.75 Å². The fourth-order valence-corrected chi connectivity index (χ4v) is 3.71. The highest BCUT2D eigenvalue weighted by atomic mass is 32.2. The number of tetrazole rings is 1. The first kappa shape index (κ1) is 15.2. The van der Waals surface area contributed by atoms with Crippen LogP contribution in [-0.2, 0) is 5.75 Å². The van der Waals surface area contributed by atoms with Crippen molar-refractivity contribution in [2.45, 2.75) is 12.4 Å². The van der Waals surface area contributed by atoms with E-state index in [9.17, 15) is 8.78 Å². The van der Waals surface area contributed by atoms with Gasteiger partial charge in [-0.25, -0.2) is 0 Å². The first-order valence-electron chi connectivity index (χ1n) is 6.35. The summed E-state index contributed by atoms with van der Waals surface area (Å²) in [6, 6.07) is 6.17. The summed E-state index contributed by atoms with van der Waals surface area (Å²) in [7, 11) is 0. The zero-order valence-corrected chi connectivity index (χ0v) is 12.9. The minimum Gasteiger partial charge on any atom is -0.435 e. The van der Waals surface area contributed by atoms with Gasteiger partial charge in [0.25, 0.3) is 0 Å². The molecular weight excluding hydrogens is 332 g/mol. The van der Waals surface area contributed by atoms with Gasteiger partial charge in [-0.1, -0.05) is 23.5 Å². The molecule has 0 saturated heterocycles. The largest absolute Gasteiger partial charge is 0.435 e. The Balaban J connectivity index is 1.70. The van der Waals surface area contributed by atoms with Crippen molar-refractivity contribution >= 4 is 27.9 Å². The summed E-state index contributed by atoms with van der Waals surface area (Å²) in [4.78, 5) is 4.35. The summed E-state index contributed by atoms with van der Waals surface area (Å²) in [6.45, 7) is -1.99. The minimum absolute atomic E-state index is 0.0967. The Morgan fingerprint density at radius 2 is 2.14 bits per heavy atom. The van der Waals surface area contributed by atoms with Crippen molar-refractivity contribution in [3.8, 4) is 11.4 Å². The van der Waals surface area contributed by atoms with Crippen LogP contribution in [0.2, 0.25) is 0 Å². The molecule has 0 radical (unpaired) electrons. The monoisotopic (exact) mass is 343 g/mol. The summed E-state index contributed by atoms with van der Waals surface area (Å²) in [5.74, 6) is 2.37. The average molecular weight is 343 g/mol. The van der Waals surface area contributed by atoms with Gasteiger partial charge in [0.05, 0.1) is 18.0 Å². The lowest BCUT2D eigenvalue weighted by molar-refractivity contribution is -0.0498. The first-order valence-corrected chi connectivity index (χ1v) is 8.32. The molecule has 0 aliphatic carbocycles. The summed E-state index contributed by atoms with van der Waals surface area (Å²) in [5, 5.41) is 11.6. The Bertz CT molecular complexity index is 662. The number of ether oxygens (including phenoxy) is 1. The molecule has 2 heterocycles. The lowest BCUT2D eigenvalue weighted by atomic mass is 10.3. The van der Waals surface area contributed by atoms with E-state index in [2.05, 4.69) is 25.3 Å². The summed E-state index contributed by atoms with van der Waals surface area (Å²) in [5.41, 5.74) is 0.684. The van der Waals surface area contributed by atoms with Gasteiger partial charge < -0.3 is 4.74 Å². The molecule has 116 valence electrons. The smallest absolute Gasteiger partial charge is 0.387 e. The van der Waals surface area contributed by atoms with E-state index in [1.54, 1.807) is 40.3 Å². The molecule has 0 saturated carbocycles. The Morgan fingerprint density at radius 1 is 1.32 bits per heavy atom. The van der Waals surface area contributed by atoms with E-state index in [1.807, 2.05) is 0 Å². The maximum Gasteiger partial charge on any atom is 0.387 e. The number of nitrogens with zero attached hydrogens (tertiary/aromatic N) is 5. The van der Waals surface area contributed by atoms with Gasteiger partial charge in [0.1, 0.15) is 10.1 Å². The van der Waals surface area contributed by atoms with E-state index < -0.39 is 6.61 Å². The minimum atomic E-state index is -2.84. The topological polar surface area (TPSA) is 65.2 Å². The van der Waals surface area contributed by atoms with Crippen molar-refractivity contribution in [1.29, 1.82) is 0 Å². The standard InChI is InChI=1S/C12H11F2N5OS2/c13-11(14)20-9-3-1-8(2-4-9)19-10(16-17-18-19)7-22-12-15-5-6-21-12/h1-4,11H,5-7H2. The van der Waals surface area contributed by atoms with E-state index in [0.717, 1.165) is 16.7 Å². The molecule has 0 fully saturated rings. The van der Waals surface area contributed by atoms with Crippen molar-refractivity contribution in [2.24, 2.45) is 4.99 Å². The third kappa shape index (κ3) is 3.74. The maximum absolute atomic E-state index is 12.1. The highest BCUT2D eigenvalue weighted by molar-refractivity contribution is 8.38. The molecule has 22 heavy (non-hydrogen) atoms. The number of rotatable bonds is 5. The van der Waals surface area contributed by atoms with Crippen molar-refractivity contribution in [1.82, 2.24) is 20.2 Å². The Kier molecular flexibility index (Phi) is 4.88. The lowest BCUT2D eigenvalue weighted by Crippen LogP contribution is -2.04. The van der Waals surface area contributed by atoms with Crippen molar-refractivity contribution in [2.75, 3.05) is 12.3 Å². The third-order valence-corrected chi connectivity index (χ3v) is 4.97. The zero-order valence-electron chi connectivity index (χ0n) is 11.2. The Hall–Kier alpha value is -1.68. The molecule has 0 atom stereocenters. The quantitative estimate of drug-likeness (QED) is 0.831. The molecule has 1 aromatic heterocycles. The van der Waals surface area contributed by atoms with E-state index in [4.69, 9.17) is 0 Å². The van der Waals surface area contributed by atoms with E-state index in [0.29, 0.717) is 17.3 Å². The van der Waals surface area contributed by atoms with E-state index in [1.165, 1.54) is 12.1 Å². The molecule has 1 aliphatic rings. The zero-order chi connectivity index (χ0) is 15.4. The van der Waals surface area contributed by atoms with Crippen LogP contribution >= 0.6 is 23.5 Å². The molecule has 0 amide bonds. The van der Waals surface area contributed by atoms with Gasteiger partial charge in [-0.2, -0.15) is 13.5 Å². The molecule has 10 heteroatoms. The van der Waals surface area contributed by atoms with Crippen LogP contribution in [-0.4, -0.2) is 43.5 Å². The van der Waals surface area contributed by atoms with Crippen LogP contribution in [0.3, 0.4) is 0 Å². The highest BCUT2D eigenvalue weighted by Crippen LogP contribution is 2.25. The number of hydrogen-bond donors (Lipinski definition) is 0. The fraction of sp³-hybridized carbons (Fsp3) is 0.333. The van der Waals surface area contributed by atoms with Gasteiger partial charge in [-0.05, 0) is 34.7 Å². The molecule has 3 rings (SSSR count). The Morgan fingerprint density at radius 3 is 2.82 bits per heavy atom. The molecule has 0 spiro atoms. The second kappa shape index (κ2) is 7.05. The van der Waals surface area contributed by atoms with Crippen LogP contribution in [0.15, 0.2) is 29.3 Å². The number of aromatic nitrogens is 4. The second-order valence-corrected chi connectivity index (χ2v) is 6.47. The summed E-state index contributed by atoms with van der Waals surface area (Å²) in [6.07, 6.45) is 0. The van der Waals surface area contributed by atoms with Crippen LogP contribution < -0.4 is 4.74 Å². The van der Waals surface area contributed by atoms with Crippen LogP contribution in [0.4, 0.5) is 8.78 Å². The Labute approximate surface area is 133 Å². The molecule has 1 aromatic carbocycles. The van der Waals surface area contributed by atoms with Crippen LogP contribution in [0.25, 0.3) is 5.69 Å². The normalized spacial score (nSPS) is 14.4. The first-order chi connectivity index (χ1) is 10.7. The second-order valence-electron chi connectivity index (χ2n) is 4.16. The average Bonchev–Trinajstić information content (AvgIpc) is 3.17. The van der Waals surface area contributed by atoms with Crippen molar-refractivity contribution < 1.29 is 13.5 Å². The lowest BCUT2D eigenvalue weighted by Gasteiger charge is -2.07. The number of halogens is 2.